The van der Waals surface area contributed by atoms with Gasteiger partial charge in [0, 0.05) is 39.3 Å². The highest BCUT2D eigenvalue weighted by Crippen LogP contribution is 2.20. The fourth-order valence-corrected chi connectivity index (χ4v) is 3.84. The van der Waals surface area contributed by atoms with Crippen molar-refractivity contribution in [2.45, 2.75) is 40.2 Å². The van der Waals surface area contributed by atoms with E-state index >= 15 is 0 Å². The van der Waals surface area contributed by atoms with Crippen LogP contribution in [-0.2, 0) is 11.3 Å². The van der Waals surface area contributed by atoms with Crippen LogP contribution in [-0.4, -0.2) is 86.3 Å². The summed E-state index contributed by atoms with van der Waals surface area (Å²) >= 11 is 0. The number of ether oxygens (including phenoxy) is 1. The van der Waals surface area contributed by atoms with Crippen molar-refractivity contribution in [3.05, 3.63) is 17.3 Å². The van der Waals surface area contributed by atoms with Crippen LogP contribution >= 0.6 is 24.0 Å². The fourth-order valence-electron chi connectivity index (χ4n) is 3.84. The van der Waals surface area contributed by atoms with Gasteiger partial charge in [0.2, 0.25) is 5.89 Å². The number of nitrogens with zero attached hydrogens (tertiary/aromatic N) is 4. The molecule has 1 aromatic rings. The van der Waals surface area contributed by atoms with E-state index in [1.54, 1.807) is 0 Å². The first-order chi connectivity index (χ1) is 14.1. The van der Waals surface area contributed by atoms with Gasteiger partial charge < -0.3 is 19.8 Å². The molecule has 0 atom stereocenters. The molecule has 0 aliphatic carbocycles. The summed E-state index contributed by atoms with van der Waals surface area (Å²) in [5, 5.41) is 6.86. The number of oxazole rings is 1. The van der Waals surface area contributed by atoms with Crippen LogP contribution in [0.5, 0.6) is 0 Å². The molecule has 0 bridgehead atoms. The van der Waals surface area contributed by atoms with Crippen LogP contribution in [0, 0.1) is 19.8 Å². The number of aliphatic imine (C=N–C) groups is 1. The molecule has 30 heavy (non-hydrogen) atoms. The highest BCUT2D eigenvalue weighted by molar-refractivity contribution is 14.0. The minimum atomic E-state index is 0. The molecule has 3 rings (SSSR count). The molecule has 1 aromatic heterocycles. The van der Waals surface area contributed by atoms with Gasteiger partial charge in [0.05, 0.1) is 25.5 Å². The summed E-state index contributed by atoms with van der Waals surface area (Å²) in [4.78, 5) is 14.2. The van der Waals surface area contributed by atoms with E-state index in [9.17, 15) is 0 Å². The van der Waals surface area contributed by atoms with Gasteiger partial charge in [0.15, 0.2) is 5.96 Å². The first-order valence-corrected chi connectivity index (χ1v) is 11.1. The van der Waals surface area contributed by atoms with Crippen LogP contribution in [0.1, 0.15) is 37.1 Å². The van der Waals surface area contributed by atoms with Crippen LogP contribution in [0.4, 0.5) is 0 Å². The van der Waals surface area contributed by atoms with Gasteiger partial charge in [-0.1, -0.05) is 0 Å². The Morgan fingerprint density at radius 1 is 1.10 bits per heavy atom. The number of piperidine rings is 1. The van der Waals surface area contributed by atoms with Crippen molar-refractivity contribution in [3.63, 3.8) is 0 Å². The van der Waals surface area contributed by atoms with E-state index in [4.69, 9.17) is 14.1 Å². The molecule has 0 unspecified atom stereocenters. The number of hydrogen-bond acceptors (Lipinski definition) is 6. The lowest BCUT2D eigenvalue weighted by molar-refractivity contribution is 0.0389. The fraction of sp³-hybridized carbons (Fsp3) is 0.810. The third-order valence-corrected chi connectivity index (χ3v) is 5.81. The molecule has 9 heteroatoms. The third-order valence-electron chi connectivity index (χ3n) is 5.81. The van der Waals surface area contributed by atoms with Crippen molar-refractivity contribution >= 4 is 29.9 Å². The average molecular weight is 534 g/mol. The number of nitrogens with one attached hydrogen (secondary N) is 2. The van der Waals surface area contributed by atoms with Crippen LogP contribution in [0.3, 0.4) is 0 Å². The standard InChI is InChI=1S/C21H38N6O2.HI/c1-4-22-21(23-7-10-26-11-13-28-14-12-26)24-15-19-5-8-27(9-6-19)16-20-25-17(2)18(3)29-20;/h19H,4-16H2,1-3H3,(H2,22,23,24);1H. The van der Waals surface area contributed by atoms with E-state index in [0.29, 0.717) is 5.92 Å². The maximum Gasteiger partial charge on any atom is 0.208 e. The van der Waals surface area contributed by atoms with E-state index < -0.39 is 0 Å². The third kappa shape index (κ3) is 8.32. The summed E-state index contributed by atoms with van der Waals surface area (Å²) in [5.41, 5.74) is 1.00. The number of halogens is 1. The van der Waals surface area contributed by atoms with Crippen LogP contribution in [0.15, 0.2) is 9.41 Å². The first kappa shape index (κ1) is 25.4. The number of guanidine groups is 1. The van der Waals surface area contributed by atoms with Crippen LogP contribution < -0.4 is 10.6 Å². The monoisotopic (exact) mass is 534 g/mol. The maximum absolute atomic E-state index is 5.73. The summed E-state index contributed by atoms with van der Waals surface area (Å²) in [5.74, 6) is 3.36. The Labute approximate surface area is 198 Å². The topological polar surface area (TPSA) is 78.2 Å². The predicted molar refractivity (Wildman–Crippen MR) is 131 cm³/mol. The zero-order chi connectivity index (χ0) is 20.5. The lowest BCUT2D eigenvalue weighted by atomic mass is 9.97. The predicted octanol–water partition coefficient (Wildman–Crippen LogP) is 2.01. The normalized spacial score (nSPS) is 19.5. The number of aryl methyl sites for hydroxylation is 2. The molecule has 2 saturated heterocycles. The minimum Gasteiger partial charge on any atom is -0.444 e. The zero-order valence-electron chi connectivity index (χ0n) is 18.8. The molecule has 8 nitrogen and oxygen atoms in total. The Morgan fingerprint density at radius 2 is 1.83 bits per heavy atom. The maximum atomic E-state index is 5.73. The van der Waals surface area contributed by atoms with Gasteiger partial charge in [-0.15, -0.1) is 24.0 Å². The summed E-state index contributed by atoms with van der Waals surface area (Å²) in [6.07, 6.45) is 2.35. The Morgan fingerprint density at radius 3 is 2.47 bits per heavy atom. The van der Waals surface area contributed by atoms with E-state index in [0.717, 1.165) is 95.4 Å². The van der Waals surface area contributed by atoms with Crippen molar-refractivity contribution in [1.29, 1.82) is 0 Å². The molecule has 2 aliphatic rings. The van der Waals surface area contributed by atoms with Gasteiger partial charge in [-0.25, -0.2) is 4.98 Å². The van der Waals surface area contributed by atoms with Gasteiger partial charge in [-0.05, 0) is 52.6 Å². The first-order valence-electron chi connectivity index (χ1n) is 11.1. The Hall–Kier alpha value is -0.910. The molecule has 172 valence electrons. The van der Waals surface area contributed by atoms with Gasteiger partial charge in [-0.2, -0.15) is 0 Å². The Balaban J connectivity index is 0.00000320. The van der Waals surface area contributed by atoms with Gasteiger partial charge >= 0.3 is 0 Å². The summed E-state index contributed by atoms with van der Waals surface area (Å²) in [6.45, 7) is 16.6. The summed E-state index contributed by atoms with van der Waals surface area (Å²) in [7, 11) is 0. The second-order valence-corrected chi connectivity index (χ2v) is 8.07. The largest absolute Gasteiger partial charge is 0.444 e. The highest BCUT2D eigenvalue weighted by Gasteiger charge is 2.21. The van der Waals surface area contributed by atoms with Gasteiger partial charge in [0.25, 0.3) is 0 Å². The second kappa shape index (κ2) is 13.5. The summed E-state index contributed by atoms with van der Waals surface area (Å²) in [6, 6.07) is 0. The lowest BCUT2D eigenvalue weighted by Crippen LogP contribution is -2.44. The lowest BCUT2D eigenvalue weighted by Gasteiger charge is -2.30. The van der Waals surface area contributed by atoms with Crippen LogP contribution in [0.25, 0.3) is 0 Å². The molecule has 2 aliphatic heterocycles. The SMILES string of the molecule is CCNC(=NCC1CCN(Cc2nc(C)c(C)o2)CC1)NCCN1CCOCC1.I. The van der Waals surface area contributed by atoms with Gasteiger partial charge in [0.1, 0.15) is 5.76 Å². The van der Waals surface area contributed by atoms with Crippen molar-refractivity contribution in [3.8, 4) is 0 Å². The molecule has 0 radical (unpaired) electrons. The molecule has 0 aromatic carbocycles. The molecule has 0 saturated carbocycles. The zero-order valence-corrected chi connectivity index (χ0v) is 21.1. The molecule has 0 amide bonds. The number of morpholine rings is 1. The molecule has 2 fully saturated rings. The van der Waals surface area contributed by atoms with Crippen molar-refractivity contribution in [1.82, 2.24) is 25.4 Å². The Kier molecular flexibility index (Phi) is 11.4. The van der Waals surface area contributed by atoms with E-state index in [1.165, 1.54) is 12.8 Å². The second-order valence-electron chi connectivity index (χ2n) is 8.07. The van der Waals surface area contributed by atoms with E-state index in [-0.39, 0.29) is 24.0 Å². The van der Waals surface area contributed by atoms with Crippen molar-refractivity contribution < 1.29 is 9.15 Å². The number of likely N-dealkylation sites (tertiary alicyclic amines) is 1. The molecular weight excluding hydrogens is 495 g/mol. The molecule has 3 heterocycles. The molecule has 2 N–H and O–H groups in total. The Bertz CT molecular complexity index is 620. The molecular formula is C21H39IN6O2. The van der Waals surface area contributed by atoms with Crippen molar-refractivity contribution in [2.24, 2.45) is 10.9 Å². The number of rotatable bonds is 8. The average Bonchev–Trinajstić information content (AvgIpc) is 3.05. The number of hydrogen-bond donors (Lipinski definition) is 2. The highest BCUT2D eigenvalue weighted by atomic mass is 127. The van der Waals surface area contributed by atoms with E-state index in [1.807, 2.05) is 13.8 Å². The number of aromatic nitrogens is 1. The van der Waals surface area contributed by atoms with Crippen LogP contribution in [0.2, 0.25) is 0 Å². The van der Waals surface area contributed by atoms with E-state index in [2.05, 4.69) is 32.3 Å². The smallest absolute Gasteiger partial charge is 0.208 e. The molecule has 0 spiro atoms. The minimum absolute atomic E-state index is 0. The van der Waals surface area contributed by atoms with Crippen molar-refractivity contribution in [2.75, 3.05) is 65.6 Å². The summed E-state index contributed by atoms with van der Waals surface area (Å²) < 4.78 is 11.1. The van der Waals surface area contributed by atoms with Gasteiger partial charge in [-0.3, -0.25) is 14.8 Å². The quantitative estimate of drug-likeness (QED) is 0.300.